The fourth-order valence-electron chi connectivity index (χ4n) is 8.52. The number of benzene rings is 3. The second kappa shape index (κ2) is 9.86. The number of carbonyl (C=O) groups excluding carboxylic acids is 4. The van der Waals surface area contributed by atoms with E-state index in [0.717, 1.165) is 26.5 Å². The summed E-state index contributed by atoms with van der Waals surface area (Å²) < 4.78 is 0. The minimum absolute atomic E-state index is 0.111. The van der Waals surface area contributed by atoms with Gasteiger partial charge in [0.2, 0.25) is 23.6 Å². The average Bonchev–Trinajstić information content (AvgIpc) is 3.49. The molecule has 3 aromatic rings. The van der Waals surface area contributed by atoms with Crippen LogP contribution in [0.4, 0.5) is 22.7 Å². The molecule has 2 aliphatic heterocycles. The SMILES string of the molecule is O=C1[C@@H]2[C@@H]3C(=C(c4ccccc4)C[C@H]2C(=O)N1c1cccc([N+](=O)[O-])c1)[C@H]1C=C[C@H]3[C@@H]2C(=O)N(c3cccc([N+](=O)[O-])c3)C(=O)[C@@H]21. The fourth-order valence-corrected chi connectivity index (χ4v) is 8.52. The van der Waals surface area contributed by atoms with Crippen LogP contribution in [0.1, 0.15) is 12.0 Å². The first-order chi connectivity index (χ1) is 22.2. The summed E-state index contributed by atoms with van der Waals surface area (Å²) in [6.45, 7) is 0. The van der Waals surface area contributed by atoms with Crippen molar-refractivity contribution in [2.24, 2.45) is 41.4 Å². The molecule has 46 heavy (non-hydrogen) atoms. The summed E-state index contributed by atoms with van der Waals surface area (Å²) in [5, 5.41) is 23.0. The van der Waals surface area contributed by atoms with Crippen LogP contribution in [0.25, 0.3) is 5.57 Å². The number of imide groups is 2. The number of carbonyl (C=O) groups is 4. The predicted octanol–water partition coefficient (Wildman–Crippen LogP) is 4.70. The molecule has 0 aromatic heterocycles. The molecule has 0 radical (unpaired) electrons. The number of allylic oxidation sites excluding steroid dienone is 4. The van der Waals surface area contributed by atoms with Crippen molar-refractivity contribution in [3.05, 3.63) is 122 Å². The molecule has 3 fully saturated rings. The van der Waals surface area contributed by atoms with E-state index in [1.807, 2.05) is 42.5 Å². The van der Waals surface area contributed by atoms with Gasteiger partial charge in [0.1, 0.15) is 0 Å². The zero-order valence-corrected chi connectivity index (χ0v) is 24.0. The summed E-state index contributed by atoms with van der Waals surface area (Å²) in [4.78, 5) is 80.5. The molecule has 12 heteroatoms. The van der Waals surface area contributed by atoms with E-state index in [9.17, 15) is 39.4 Å². The standard InChI is InChI=1S/C34H24N4O8/c39-31-25-16-24(17-6-2-1-3-7-17)26-22-12-13-23(27(26)30(25)34(42)35(31)18-8-4-10-20(14-18)37(43)44)29-28(22)32(40)36(33(29)41)19-9-5-11-21(15-19)38(45)46/h1-15,22-23,25,27-30H,16H2/t22-,23-,25-,27+,28-,29+,30+/m1/s1. The maximum atomic E-state index is 14.3. The van der Waals surface area contributed by atoms with Crippen LogP contribution in [0, 0.1) is 61.7 Å². The first kappa shape index (κ1) is 27.7. The summed E-state index contributed by atoms with van der Waals surface area (Å²) in [5.74, 6) is -6.84. The lowest BCUT2D eigenvalue weighted by Gasteiger charge is -2.51. The van der Waals surface area contributed by atoms with Gasteiger partial charge >= 0.3 is 0 Å². The van der Waals surface area contributed by atoms with Gasteiger partial charge in [-0.15, -0.1) is 0 Å². The number of nitro benzene ring substituents is 2. The lowest BCUT2D eigenvalue weighted by Crippen LogP contribution is -2.51. The Labute approximate surface area is 260 Å². The van der Waals surface area contributed by atoms with Gasteiger partial charge in [-0.25, -0.2) is 9.80 Å². The zero-order valence-electron chi connectivity index (χ0n) is 24.0. The number of anilines is 2. The van der Waals surface area contributed by atoms with Crippen molar-refractivity contribution >= 4 is 52.0 Å². The quantitative estimate of drug-likeness (QED) is 0.172. The number of nitrogens with zero attached hydrogens (tertiary/aromatic N) is 4. The topological polar surface area (TPSA) is 161 Å². The Hall–Kier alpha value is -5.78. The third kappa shape index (κ3) is 3.73. The van der Waals surface area contributed by atoms with Crippen LogP contribution in [0.5, 0.6) is 0 Å². The third-order valence-electron chi connectivity index (χ3n) is 10.2. The van der Waals surface area contributed by atoms with E-state index < -0.39 is 74.9 Å². The molecule has 0 N–H and O–H groups in total. The van der Waals surface area contributed by atoms with Gasteiger partial charge in [-0.1, -0.05) is 60.2 Å². The fraction of sp³-hybridized carbons (Fsp3) is 0.235. The van der Waals surface area contributed by atoms with E-state index >= 15 is 0 Å². The summed E-state index contributed by atoms with van der Waals surface area (Å²) in [7, 11) is 0. The Morgan fingerprint density at radius 2 is 1.17 bits per heavy atom. The van der Waals surface area contributed by atoms with Gasteiger partial charge in [-0.3, -0.25) is 39.4 Å². The van der Waals surface area contributed by atoms with E-state index in [1.54, 1.807) is 0 Å². The van der Waals surface area contributed by atoms with Crippen LogP contribution < -0.4 is 9.80 Å². The summed E-state index contributed by atoms with van der Waals surface area (Å²) in [6, 6.07) is 20.3. The smallest absolute Gasteiger partial charge is 0.271 e. The van der Waals surface area contributed by atoms with Gasteiger partial charge in [-0.2, -0.15) is 0 Å². The highest BCUT2D eigenvalue weighted by Gasteiger charge is 2.67. The number of non-ortho nitro benzene ring substituents is 2. The molecular weight excluding hydrogens is 592 g/mol. The molecular formula is C34H24N4O8. The molecule has 2 heterocycles. The first-order valence-corrected chi connectivity index (χ1v) is 14.9. The zero-order chi connectivity index (χ0) is 32.0. The van der Waals surface area contributed by atoms with Gasteiger partial charge in [-0.05, 0) is 35.6 Å². The van der Waals surface area contributed by atoms with E-state index in [-0.39, 0.29) is 29.2 Å². The van der Waals surface area contributed by atoms with E-state index in [2.05, 4.69) is 0 Å². The molecule has 2 saturated heterocycles. The first-order valence-electron chi connectivity index (χ1n) is 14.9. The molecule has 228 valence electrons. The molecule has 0 unspecified atom stereocenters. The summed E-state index contributed by atoms with van der Waals surface area (Å²) in [5.41, 5.74) is 2.26. The molecule has 3 aromatic carbocycles. The molecule has 12 nitrogen and oxygen atoms in total. The number of hydrogen-bond donors (Lipinski definition) is 0. The average molecular weight is 617 g/mol. The molecule has 9 rings (SSSR count). The highest BCUT2D eigenvalue weighted by atomic mass is 16.6. The molecule has 0 spiro atoms. The summed E-state index contributed by atoms with van der Waals surface area (Å²) >= 11 is 0. The molecule has 7 atom stereocenters. The van der Waals surface area contributed by atoms with Crippen molar-refractivity contribution in [2.45, 2.75) is 6.42 Å². The number of rotatable bonds is 5. The lowest BCUT2D eigenvalue weighted by molar-refractivity contribution is -0.385. The van der Waals surface area contributed by atoms with Crippen LogP contribution in [-0.4, -0.2) is 33.5 Å². The third-order valence-corrected chi connectivity index (χ3v) is 10.2. The van der Waals surface area contributed by atoms with Crippen molar-refractivity contribution in [3.8, 4) is 0 Å². The van der Waals surface area contributed by atoms with Crippen molar-refractivity contribution in [3.63, 3.8) is 0 Å². The van der Waals surface area contributed by atoms with Crippen molar-refractivity contribution in [2.75, 3.05) is 9.80 Å². The van der Waals surface area contributed by atoms with Gasteiger partial charge in [0.15, 0.2) is 0 Å². The Morgan fingerprint density at radius 1 is 0.609 bits per heavy atom. The van der Waals surface area contributed by atoms with Gasteiger partial charge in [0, 0.05) is 36.1 Å². The van der Waals surface area contributed by atoms with Crippen LogP contribution in [-0.2, 0) is 19.2 Å². The Kier molecular flexibility index (Phi) is 5.95. The van der Waals surface area contributed by atoms with Crippen LogP contribution in [0.2, 0.25) is 0 Å². The van der Waals surface area contributed by atoms with Crippen LogP contribution >= 0.6 is 0 Å². The van der Waals surface area contributed by atoms with Crippen molar-refractivity contribution in [1.82, 2.24) is 0 Å². The van der Waals surface area contributed by atoms with E-state index in [0.29, 0.717) is 0 Å². The second-order valence-corrected chi connectivity index (χ2v) is 12.3. The number of nitro groups is 2. The van der Waals surface area contributed by atoms with Crippen molar-refractivity contribution < 1.29 is 29.0 Å². The maximum absolute atomic E-state index is 14.3. The Morgan fingerprint density at radius 3 is 1.78 bits per heavy atom. The largest absolute Gasteiger partial charge is 0.274 e. The number of fused-ring (bicyclic) bond motifs is 1. The highest BCUT2D eigenvalue weighted by Crippen LogP contribution is 2.63. The summed E-state index contributed by atoms with van der Waals surface area (Å²) in [6.07, 6.45) is 4.02. The van der Waals surface area contributed by atoms with Crippen LogP contribution in [0.15, 0.2) is 96.6 Å². The van der Waals surface area contributed by atoms with E-state index in [4.69, 9.17) is 0 Å². The van der Waals surface area contributed by atoms with Crippen LogP contribution in [0.3, 0.4) is 0 Å². The molecule has 4 aliphatic carbocycles. The van der Waals surface area contributed by atoms with Crippen molar-refractivity contribution in [1.29, 1.82) is 0 Å². The highest BCUT2D eigenvalue weighted by molar-refractivity contribution is 6.25. The molecule has 6 aliphatic rings. The molecule has 4 amide bonds. The molecule has 1 saturated carbocycles. The van der Waals surface area contributed by atoms with Gasteiger partial charge in [0.25, 0.3) is 11.4 Å². The lowest BCUT2D eigenvalue weighted by atomic mass is 9.49. The predicted molar refractivity (Wildman–Crippen MR) is 163 cm³/mol. The number of amides is 4. The number of hydrogen-bond acceptors (Lipinski definition) is 8. The molecule has 2 bridgehead atoms. The Bertz CT molecular complexity index is 1990. The van der Waals surface area contributed by atoms with Gasteiger partial charge < -0.3 is 0 Å². The minimum Gasteiger partial charge on any atom is -0.274 e. The normalized spacial score (nSPS) is 29.3. The maximum Gasteiger partial charge on any atom is 0.271 e. The van der Waals surface area contributed by atoms with Gasteiger partial charge in [0.05, 0.1) is 44.9 Å². The monoisotopic (exact) mass is 616 g/mol. The minimum atomic E-state index is -0.845. The van der Waals surface area contributed by atoms with E-state index in [1.165, 1.54) is 48.5 Å². The second-order valence-electron chi connectivity index (χ2n) is 12.3. The Balaban J connectivity index is 1.26.